The number of hydrogen-bond donors (Lipinski definition) is 3. The highest BCUT2D eigenvalue weighted by molar-refractivity contribution is 5.88. The van der Waals surface area contributed by atoms with Gasteiger partial charge in [-0.15, -0.1) is 0 Å². The highest BCUT2D eigenvalue weighted by Crippen LogP contribution is 2.02. The lowest BCUT2D eigenvalue weighted by Crippen LogP contribution is -2.43. The number of aryl methyl sites for hydroxylation is 1. The molecular formula is C10H13N3O5. The van der Waals surface area contributed by atoms with Crippen molar-refractivity contribution in [3.63, 3.8) is 0 Å². The predicted octanol–water partition coefficient (Wildman–Crippen LogP) is -1.03. The second-order valence-corrected chi connectivity index (χ2v) is 3.67. The van der Waals surface area contributed by atoms with Gasteiger partial charge >= 0.3 is 5.97 Å². The van der Waals surface area contributed by atoms with Crippen LogP contribution in [0.1, 0.15) is 18.1 Å². The van der Waals surface area contributed by atoms with E-state index < -0.39 is 30.2 Å². The van der Waals surface area contributed by atoms with Gasteiger partial charge in [0.25, 0.3) is 0 Å². The largest absolute Gasteiger partial charge is 0.480 e. The fourth-order valence-electron chi connectivity index (χ4n) is 1.27. The quantitative estimate of drug-likeness (QED) is 0.594. The van der Waals surface area contributed by atoms with E-state index in [1.54, 1.807) is 6.92 Å². The zero-order chi connectivity index (χ0) is 13.7. The number of carbonyl (C=O) groups is 3. The number of oxazole rings is 1. The Morgan fingerprint density at radius 3 is 2.67 bits per heavy atom. The van der Waals surface area contributed by atoms with Crippen LogP contribution in [0.15, 0.2) is 10.6 Å². The molecule has 1 atom stereocenters. The Hall–Kier alpha value is -2.38. The monoisotopic (exact) mass is 255 g/mol. The third-order valence-electron chi connectivity index (χ3n) is 2.02. The summed E-state index contributed by atoms with van der Waals surface area (Å²) in [6, 6.07) is -1.34. The summed E-state index contributed by atoms with van der Waals surface area (Å²) in [5.41, 5.74) is 4.88. The first kappa shape index (κ1) is 13.7. The molecule has 8 nitrogen and oxygen atoms in total. The van der Waals surface area contributed by atoms with E-state index in [1.807, 2.05) is 0 Å². The van der Waals surface area contributed by atoms with E-state index in [9.17, 15) is 14.4 Å². The molecule has 1 heterocycles. The first-order valence-corrected chi connectivity index (χ1v) is 5.10. The number of carboxylic acid groups (broad SMARTS) is 1. The molecule has 1 aromatic rings. The maximum Gasteiger partial charge on any atom is 0.326 e. The van der Waals surface area contributed by atoms with E-state index >= 15 is 0 Å². The van der Waals surface area contributed by atoms with Crippen molar-refractivity contribution in [2.45, 2.75) is 25.8 Å². The van der Waals surface area contributed by atoms with E-state index in [1.165, 1.54) is 6.20 Å². The topological polar surface area (TPSA) is 136 Å². The van der Waals surface area contributed by atoms with Crippen LogP contribution in [0.2, 0.25) is 0 Å². The SMILES string of the molecule is Cc1cnc(CC(=O)N[C@@H](CC(N)=O)C(=O)O)o1. The van der Waals surface area contributed by atoms with Crippen molar-refractivity contribution in [2.75, 3.05) is 0 Å². The minimum atomic E-state index is -1.34. The number of rotatable bonds is 6. The van der Waals surface area contributed by atoms with Crippen LogP contribution >= 0.6 is 0 Å². The van der Waals surface area contributed by atoms with E-state index in [0.29, 0.717) is 5.76 Å². The van der Waals surface area contributed by atoms with Gasteiger partial charge in [0.15, 0.2) is 0 Å². The molecule has 2 amide bonds. The molecule has 98 valence electrons. The predicted molar refractivity (Wildman–Crippen MR) is 58.3 cm³/mol. The lowest BCUT2D eigenvalue weighted by molar-refractivity contribution is -0.143. The minimum absolute atomic E-state index is 0.174. The summed E-state index contributed by atoms with van der Waals surface area (Å²) in [6.07, 6.45) is 0.781. The first-order valence-electron chi connectivity index (χ1n) is 5.10. The molecule has 0 saturated heterocycles. The minimum Gasteiger partial charge on any atom is -0.480 e. The average molecular weight is 255 g/mol. The van der Waals surface area contributed by atoms with Crippen LogP contribution in [0.3, 0.4) is 0 Å². The van der Waals surface area contributed by atoms with Gasteiger partial charge in [-0.25, -0.2) is 9.78 Å². The number of carboxylic acids is 1. The molecule has 18 heavy (non-hydrogen) atoms. The van der Waals surface area contributed by atoms with Gasteiger partial charge in [-0.3, -0.25) is 9.59 Å². The molecule has 0 aliphatic heterocycles. The molecule has 0 saturated carbocycles. The Balaban J connectivity index is 2.56. The number of nitrogens with one attached hydrogen (secondary N) is 1. The molecule has 0 fully saturated rings. The molecule has 0 aliphatic rings. The molecule has 4 N–H and O–H groups in total. The van der Waals surface area contributed by atoms with Crippen molar-refractivity contribution in [1.29, 1.82) is 0 Å². The van der Waals surface area contributed by atoms with Crippen molar-refractivity contribution in [3.8, 4) is 0 Å². The van der Waals surface area contributed by atoms with Crippen molar-refractivity contribution in [2.24, 2.45) is 5.73 Å². The van der Waals surface area contributed by atoms with Gasteiger partial charge in [0.05, 0.1) is 12.6 Å². The molecule has 0 radical (unpaired) electrons. The molecule has 0 aliphatic carbocycles. The lowest BCUT2D eigenvalue weighted by Gasteiger charge is -2.11. The zero-order valence-corrected chi connectivity index (χ0v) is 9.67. The molecule has 1 rings (SSSR count). The second-order valence-electron chi connectivity index (χ2n) is 3.67. The van der Waals surface area contributed by atoms with Crippen LogP contribution in [-0.2, 0) is 20.8 Å². The molecule has 0 bridgehead atoms. The van der Waals surface area contributed by atoms with Crippen LogP contribution in [0.5, 0.6) is 0 Å². The Labute approximate surface area is 102 Å². The zero-order valence-electron chi connectivity index (χ0n) is 9.67. The fraction of sp³-hybridized carbons (Fsp3) is 0.400. The molecular weight excluding hydrogens is 242 g/mol. The molecule has 8 heteroatoms. The van der Waals surface area contributed by atoms with E-state index in [4.69, 9.17) is 15.3 Å². The maximum atomic E-state index is 11.5. The third-order valence-corrected chi connectivity index (χ3v) is 2.02. The van der Waals surface area contributed by atoms with Crippen molar-refractivity contribution in [1.82, 2.24) is 10.3 Å². The van der Waals surface area contributed by atoms with Gasteiger partial charge in [-0.1, -0.05) is 0 Å². The van der Waals surface area contributed by atoms with Crippen molar-refractivity contribution >= 4 is 17.8 Å². The number of aliphatic carboxylic acids is 1. The third kappa shape index (κ3) is 4.24. The van der Waals surface area contributed by atoms with Crippen LogP contribution in [0.4, 0.5) is 0 Å². The summed E-state index contributed by atoms with van der Waals surface area (Å²) in [5.74, 6) is -2.02. The number of amides is 2. The van der Waals surface area contributed by atoms with Gasteiger partial charge in [0.2, 0.25) is 17.7 Å². The number of carbonyl (C=O) groups excluding carboxylic acids is 2. The Morgan fingerprint density at radius 2 is 2.22 bits per heavy atom. The Morgan fingerprint density at radius 1 is 1.56 bits per heavy atom. The van der Waals surface area contributed by atoms with Crippen LogP contribution in [0.25, 0.3) is 0 Å². The van der Waals surface area contributed by atoms with Crippen LogP contribution < -0.4 is 11.1 Å². The number of hydrogen-bond acceptors (Lipinski definition) is 5. The number of aromatic nitrogens is 1. The smallest absolute Gasteiger partial charge is 0.326 e. The van der Waals surface area contributed by atoms with Gasteiger partial charge in [0.1, 0.15) is 18.2 Å². The van der Waals surface area contributed by atoms with Gasteiger partial charge in [-0.05, 0) is 6.92 Å². The van der Waals surface area contributed by atoms with Gasteiger partial charge in [0, 0.05) is 0 Å². The fourth-order valence-corrected chi connectivity index (χ4v) is 1.27. The maximum absolute atomic E-state index is 11.5. The molecule has 0 aromatic carbocycles. The van der Waals surface area contributed by atoms with Crippen LogP contribution in [0, 0.1) is 6.92 Å². The molecule has 1 aromatic heterocycles. The summed E-state index contributed by atoms with van der Waals surface area (Å²) in [5, 5.41) is 10.9. The van der Waals surface area contributed by atoms with E-state index in [-0.39, 0.29) is 12.3 Å². The highest BCUT2D eigenvalue weighted by Gasteiger charge is 2.22. The summed E-state index contributed by atoms with van der Waals surface area (Å²) >= 11 is 0. The summed E-state index contributed by atoms with van der Waals surface area (Å²) in [6.45, 7) is 1.67. The molecule has 0 unspecified atom stereocenters. The highest BCUT2D eigenvalue weighted by atomic mass is 16.4. The number of nitrogens with zero attached hydrogens (tertiary/aromatic N) is 1. The normalized spacial score (nSPS) is 11.8. The summed E-state index contributed by atoms with van der Waals surface area (Å²) in [4.78, 5) is 36.7. The van der Waals surface area contributed by atoms with Crippen molar-refractivity contribution in [3.05, 3.63) is 17.8 Å². The summed E-state index contributed by atoms with van der Waals surface area (Å²) < 4.78 is 5.07. The van der Waals surface area contributed by atoms with E-state index in [2.05, 4.69) is 10.3 Å². The first-order chi connectivity index (χ1) is 8.38. The lowest BCUT2D eigenvalue weighted by atomic mass is 10.2. The molecule has 0 spiro atoms. The van der Waals surface area contributed by atoms with Crippen molar-refractivity contribution < 1.29 is 23.9 Å². The number of nitrogens with two attached hydrogens (primary N) is 1. The average Bonchev–Trinajstić information content (AvgIpc) is 2.62. The van der Waals surface area contributed by atoms with Gasteiger partial charge < -0.3 is 20.6 Å². The second kappa shape index (κ2) is 5.80. The van der Waals surface area contributed by atoms with E-state index in [0.717, 1.165) is 0 Å². The Bertz CT molecular complexity index is 468. The Kier molecular flexibility index (Phi) is 4.41. The standard InChI is InChI=1S/C10H13N3O5/c1-5-4-12-9(18-5)3-8(15)13-6(10(16)17)2-7(11)14/h4,6H,2-3H2,1H3,(H2,11,14)(H,13,15)(H,16,17)/t6-/m0/s1. The number of primary amides is 1. The summed E-state index contributed by atoms with van der Waals surface area (Å²) in [7, 11) is 0. The van der Waals surface area contributed by atoms with Gasteiger partial charge in [-0.2, -0.15) is 0 Å². The van der Waals surface area contributed by atoms with Crippen LogP contribution in [-0.4, -0.2) is 33.9 Å².